The molecule has 1 N–H and O–H groups in total. The van der Waals surface area contributed by atoms with Crippen molar-refractivity contribution in [1.82, 2.24) is 20.0 Å². The van der Waals surface area contributed by atoms with Crippen LogP contribution in [0.15, 0.2) is 36.4 Å². The Morgan fingerprint density at radius 3 is 2.70 bits per heavy atom. The van der Waals surface area contributed by atoms with E-state index < -0.39 is 0 Å². The summed E-state index contributed by atoms with van der Waals surface area (Å²) in [6, 6.07) is 11.8. The molecule has 138 valence electrons. The maximum atomic E-state index is 12.7. The van der Waals surface area contributed by atoms with E-state index in [1.165, 1.54) is 22.7 Å². The molecule has 3 heterocycles. The van der Waals surface area contributed by atoms with Crippen molar-refractivity contribution in [2.24, 2.45) is 5.92 Å². The smallest absolute Gasteiger partial charge is 0.267 e. The van der Waals surface area contributed by atoms with Gasteiger partial charge in [-0.25, -0.2) is 4.68 Å². The number of carbonyl (C=O) groups is 1. The average molecular weight is 398 g/mol. The van der Waals surface area contributed by atoms with Gasteiger partial charge in [0.05, 0.1) is 16.3 Å². The van der Waals surface area contributed by atoms with Crippen LogP contribution in [0, 0.1) is 12.8 Å². The molecule has 1 amide bonds. The van der Waals surface area contributed by atoms with Gasteiger partial charge < -0.3 is 0 Å². The van der Waals surface area contributed by atoms with Crippen LogP contribution >= 0.6 is 22.7 Å². The molecule has 0 aliphatic heterocycles. The van der Waals surface area contributed by atoms with E-state index in [1.807, 2.05) is 48.0 Å². The quantitative estimate of drug-likeness (QED) is 0.530. The number of aryl methyl sites for hydroxylation is 1. The lowest BCUT2D eigenvalue weighted by Crippen LogP contribution is -2.09. The first-order valence-electron chi connectivity index (χ1n) is 8.69. The van der Waals surface area contributed by atoms with E-state index in [0.29, 0.717) is 15.9 Å². The number of amides is 1. The molecule has 0 aliphatic rings. The molecule has 0 saturated heterocycles. The predicted molar refractivity (Wildman–Crippen MR) is 110 cm³/mol. The number of hydrogen-bond acceptors (Lipinski definition) is 6. The van der Waals surface area contributed by atoms with Gasteiger partial charge in [-0.15, -0.1) is 21.5 Å². The normalized spacial score (nSPS) is 11.4. The highest BCUT2D eigenvalue weighted by atomic mass is 32.1. The molecule has 3 aromatic heterocycles. The molecule has 0 bridgehead atoms. The number of para-hydroxylation sites is 1. The Labute approximate surface area is 164 Å². The second kappa shape index (κ2) is 7.21. The number of rotatable bonds is 5. The summed E-state index contributed by atoms with van der Waals surface area (Å²) < 4.78 is 1.89. The number of benzene rings is 1. The van der Waals surface area contributed by atoms with E-state index in [4.69, 9.17) is 0 Å². The van der Waals surface area contributed by atoms with E-state index in [2.05, 4.69) is 34.5 Å². The van der Waals surface area contributed by atoms with Crippen LogP contribution in [0.2, 0.25) is 0 Å². The van der Waals surface area contributed by atoms with Crippen molar-refractivity contribution in [2.45, 2.75) is 27.2 Å². The van der Waals surface area contributed by atoms with Crippen LogP contribution in [-0.4, -0.2) is 25.9 Å². The molecule has 0 fully saturated rings. The largest absolute Gasteiger partial charge is 0.296 e. The molecule has 0 radical (unpaired) electrons. The number of fused-ring (bicyclic) bond motifs is 1. The Balaban J connectivity index is 1.60. The summed E-state index contributed by atoms with van der Waals surface area (Å²) in [7, 11) is 0. The molecule has 6 nitrogen and oxygen atoms in total. The first kappa shape index (κ1) is 17.8. The number of thiophene rings is 1. The van der Waals surface area contributed by atoms with Gasteiger partial charge in [0.15, 0.2) is 0 Å². The van der Waals surface area contributed by atoms with Gasteiger partial charge in [0.1, 0.15) is 9.84 Å². The molecule has 1 aromatic carbocycles. The fraction of sp³-hybridized carbons (Fsp3) is 0.263. The second-order valence-electron chi connectivity index (χ2n) is 6.72. The zero-order valence-electron chi connectivity index (χ0n) is 15.3. The standard InChI is InChI=1S/C19H19N5OS2/c1-11(2)9-16-21-22-19(27-16)20-17(25)15-10-14-12(3)23-24(18(14)26-15)13-7-5-4-6-8-13/h4-8,10-11H,9H2,1-3H3,(H,20,22,25). The highest BCUT2D eigenvalue weighted by Gasteiger charge is 2.18. The van der Waals surface area contributed by atoms with E-state index in [0.717, 1.165) is 33.0 Å². The summed E-state index contributed by atoms with van der Waals surface area (Å²) in [5.74, 6) is 0.343. The summed E-state index contributed by atoms with van der Waals surface area (Å²) in [6.07, 6.45) is 0.864. The third kappa shape index (κ3) is 3.63. The van der Waals surface area contributed by atoms with Gasteiger partial charge in [0.25, 0.3) is 5.91 Å². The highest BCUT2D eigenvalue weighted by molar-refractivity contribution is 7.20. The topological polar surface area (TPSA) is 72.7 Å². The van der Waals surface area contributed by atoms with Gasteiger partial charge in [0.2, 0.25) is 5.13 Å². The minimum absolute atomic E-state index is 0.164. The van der Waals surface area contributed by atoms with Crippen molar-refractivity contribution < 1.29 is 4.79 Å². The van der Waals surface area contributed by atoms with Crippen LogP contribution in [-0.2, 0) is 6.42 Å². The lowest BCUT2D eigenvalue weighted by molar-refractivity contribution is 0.103. The van der Waals surface area contributed by atoms with Crippen molar-refractivity contribution in [3.8, 4) is 5.69 Å². The molecule has 8 heteroatoms. The molecule has 0 spiro atoms. The SMILES string of the molecule is Cc1nn(-c2ccccc2)c2sc(C(=O)Nc3nnc(CC(C)C)s3)cc12. The fourth-order valence-electron chi connectivity index (χ4n) is 2.80. The van der Waals surface area contributed by atoms with Gasteiger partial charge in [-0.1, -0.05) is 43.4 Å². The lowest BCUT2D eigenvalue weighted by atomic mass is 10.1. The van der Waals surface area contributed by atoms with Crippen molar-refractivity contribution in [1.29, 1.82) is 0 Å². The van der Waals surface area contributed by atoms with Gasteiger partial charge in [-0.2, -0.15) is 5.10 Å². The molecule has 0 atom stereocenters. The van der Waals surface area contributed by atoms with Crippen LogP contribution in [0.25, 0.3) is 15.9 Å². The Bertz CT molecular complexity index is 1090. The molecule has 4 rings (SSSR count). The van der Waals surface area contributed by atoms with Gasteiger partial charge >= 0.3 is 0 Å². The van der Waals surface area contributed by atoms with Crippen LogP contribution in [0.1, 0.15) is 34.2 Å². The molecule has 0 aliphatic carbocycles. The summed E-state index contributed by atoms with van der Waals surface area (Å²) in [6.45, 7) is 6.23. The maximum Gasteiger partial charge on any atom is 0.267 e. The van der Waals surface area contributed by atoms with E-state index in [9.17, 15) is 4.79 Å². The van der Waals surface area contributed by atoms with Crippen molar-refractivity contribution in [3.05, 3.63) is 52.0 Å². The Morgan fingerprint density at radius 2 is 1.96 bits per heavy atom. The first-order chi connectivity index (χ1) is 13.0. The fourth-order valence-corrected chi connectivity index (χ4v) is 4.82. The van der Waals surface area contributed by atoms with Crippen molar-refractivity contribution in [2.75, 3.05) is 5.32 Å². The number of anilines is 1. The summed E-state index contributed by atoms with van der Waals surface area (Å²) in [5, 5.41) is 18.2. The predicted octanol–water partition coefficient (Wildman–Crippen LogP) is 4.70. The van der Waals surface area contributed by atoms with E-state index in [1.54, 1.807) is 0 Å². The third-order valence-corrected chi connectivity index (χ3v) is 6.01. The number of nitrogens with zero attached hydrogens (tertiary/aromatic N) is 4. The molecule has 4 aromatic rings. The number of hydrogen-bond donors (Lipinski definition) is 1. The molecule has 0 saturated carbocycles. The van der Waals surface area contributed by atoms with Crippen LogP contribution in [0.4, 0.5) is 5.13 Å². The molecular weight excluding hydrogens is 378 g/mol. The van der Waals surface area contributed by atoms with Crippen molar-refractivity contribution >= 4 is 43.9 Å². The Hall–Kier alpha value is -2.58. The Morgan fingerprint density at radius 1 is 1.19 bits per heavy atom. The number of carbonyl (C=O) groups excluding carboxylic acids is 1. The van der Waals surface area contributed by atoms with Gasteiger partial charge in [-0.3, -0.25) is 10.1 Å². The lowest BCUT2D eigenvalue weighted by Gasteiger charge is -2.01. The zero-order valence-corrected chi connectivity index (χ0v) is 16.9. The second-order valence-corrected chi connectivity index (χ2v) is 8.81. The minimum atomic E-state index is -0.164. The van der Waals surface area contributed by atoms with Crippen LogP contribution in [0.3, 0.4) is 0 Å². The zero-order chi connectivity index (χ0) is 19.0. The molecule has 27 heavy (non-hydrogen) atoms. The van der Waals surface area contributed by atoms with Crippen LogP contribution < -0.4 is 5.32 Å². The van der Waals surface area contributed by atoms with Gasteiger partial charge in [0, 0.05) is 11.8 Å². The third-order valence-electron chi connectivity index (χ3n) is 4.04. The van der Waals surface area contributed by atoms with E-state index in [-0.39, 0.29) is 5.91 Å². The summed E-state index contributed by atoms with van der Waals surface area (Å²) in [4.78, 5) is 14.3. The van der Waals surface area contributed by atoms with Crippen molar-refractivity contribution in [3.63, 3.8) is 0 Å². The minimum Gasteiger partial charge on any atom is -0.296 e. The Kier molecular flexibility index (Phi) is 4.75. The van der Waals surface area contributed by atoms with Gasteiger partial charge in [-0.05, 0) is 31.0 Å². The number of nitrogens with one attached hydrogen (secondary N) is 1. The van der Waals surface area contributed by atoms with Crippen LogP contribution in [0.5, 0.6) is 0 Å². The highest BCUT2D eigenvalue weighted by Crippen LogP contribution is 2.31. The molecule has 0 unspecified atom stereocenters. The maximum absolute atomic E-state index is 12.7. The first-order valence-corrected chi connectivity index (χ1v) is 10.3. The van der Waals surface area contributed by atoms with E-state index >= 15 is 0 Å². The molecular formula is C19H19N5OS2. The summed E-state index contributed by atoms with van der Waals surface area (Å²) >= 11 is 2.86. The summed E-state index contributed by atoms with van der Waals surface area (Å²) in [5.41, 5.74) is 1.88. The number of aromatic nitrogens is 4. The monoisotopic (exact) mass is 397 g/mol. The average Bonchev–Trinajstić information content (AvgIpc) is 3.32.